The standard InChI is InChI=1S/C39H44FN5O5S/c1-26(30-16-18-33(40)19-17-30)43-38(47)31-21-32(23-35(22-31)45(3)51(49,50)36-12-8-5-9-13-36)39(48)44-34(20-28-10-6-4-7-11-28)25-41-27(2)37(46)42-24-29-14-15-29/h4-13,16-19,21-23,26-27,29,34,41H,14-15,20,24-25H2,1-3H3,(H,42,46)(H,43,47)(H,44,48)/t26-,27+,34+/m1/s1. The van der Waals surface area contributed by atoms with E-state index in [0.29, 0.717) is 24.4 Å². The number of nitrogens with one attached hydrogen (secondary N) is 4. The molecule has 0 aromatic heterocycles. The van der Waals surface area contributed by atoms with Gasteiger partial charge < -0.3 is 21.3 Å². The number of hydrogen-bond acceptors (Lipinski definition) is 6. The fraction of sp³-hybridized carbons (Fsp3) is 0.308. The van der Waals surface area contributed by atoms with E-state index in [1.165, 1.54) is 49.5 Å². The minimum Gasteiger partial charge on any atom is -0.354 e. The Bertz CT molecular complexity index is 1920. The van der Waals surface area contributed by atoms with Gasteiger partial charge in [0.05, 0.1) is 22.7 Å². The topological polar surface area (TPSA) is 137 Å². The summed E-state index contributed by atoms with van der Waals surface area (Å²) in [4.78, 5) is 40.4. The van der Waals surface area contributed by atoms with Crippen molar-refractivity contribution in [3.63, 3.8) is 0 Å². The fourth-order valence-corrected chi connectivity index (χ4v) is 6.73. The maximum absolute atomic E-state index is 14.0. The van der Waals surface area contributed by atoms with Crippen molar-refractivity contribution in [3.8, 4) is 0 Å². The molecule has 0 saturated heterocycles. The van der Waals surface area contributed by atoms with Crippen molar-refractivity contribution < 1.29 is 27.2 Å². The molecule has 0 heterocycles. The molecule has 0 radical (unpaired) electrons. The molecule has 51 heavy (non-hydrogen) atoms. The van der Waals surface area contributed by atoms with E-state index in [1.54, 1.807) is 44.2 Å². The summed E-state index contributed by atoms with van der Waals surface area (Å²) in [6.45, 7) is 4.43. The van der Waals surface area contributed by atoms with Gasteiger partial charge in [0.2, 0.25) is 5.91 Å². The summed E-state index contributed by atoms with van der Waals surface area (Å²) in [7, 11) is -2.70. The number of carbonyl (C=O) groups excluding carboxylic acids is 3. The van der Waals surface area contributed by atoms with Crippen molar-refractivity contribution in [2.24, 2.45) is 5.92 Å². The van der Waals surface area contributed by atoms with Crippen LogP contribution >= 0.6 is 0 Å². The Hall–Kier alpha value is -5.07. The van der Waals surface area contributed by atoms with E-state index >= 15 is 0 Å². The first-order valence-electron chi connectivity index (χ1n) is 17.0. The van der Waals surface area contributed by atoms with Crippen molar-refractivity contribution >= 4 is 33.4 Å². The van der Waals surface area contributed by atoms with Crippen molar-refractivity contribution in [1.29, 1.82) is 0 Å². The summed E-state index contributed by atoms with van der Waals surface area (Å²) < 4.78 is 41.8. The largest absolute Gasteiger partial charge is 0.354 e. The van der Waals surface area contributed by atoms with Crippen molar-refractivity contribution in [2.45, 2.75) is 56.1 Å². The number of rotatable bonds is 16. The van der Waals surface area contributed by atoms with E-state index in [2.05, 4.69) is 21.3 Å². The Labute approximate surface area is 298 Å². The number of sulfonamides is 1. The van der Waals surface area contributed by atoms with Crippen LogP contribution in [0.4, 0.5) is 10.1 Å². The van der Waals surface area contributed by atoms with Crippen LogP contribution in [0.15, 0.2) is 108 Å². The van der Waals surface area contributed by atoms with Crippen LogP contribution in [0.1, 0.15) is 64.6 Å². The number of nitrogens with zero attached hydrogens (tertiary/aromatic N) is 1. The molecule has 3 amide bonds. The van der Waals surface area contributed by atoms with E-state index in [9.17, 15) is 27.2 Å². The molecule has 4 N–H and O–H groups in total. The zero-order valence-electron chi connectivity index (χ0n) is 28.9. The van der Waals surface area contributed by atoms with Crippen LogP contribution in [-0.4, -0.2) is 58.4 Å². The third-order valence-electron chi connectivity index (χ3n) is 8.91. The number of anilines is 1. The smallest absolute Gasteiger partial charge is 0.264 e. The molecule has 5 rings (SSSR count). The van der Waals surface area contributed by atoms with Gasteiger partial charge in [0.25, 0.3) is 21.8 Å². The molecular weight excluding hydrogens is 670 g/mol. The van der Waals surface area contributed by atoms with Crippen LogP contribution in [-0.2, 0) is 21.2 Å². The highest BCUT2D eigenvalue weighted by Gasteiger charge is 2.26. The SMILES string of the molecule is C[C@H](NC[C@H](Cc1ccccc1)NC(=O)c1cc(C(=O)N[C@H](C)c2ccc(F)cc2)cc(N(C)S(=O)(=O)c2ccccc2)c1)C(=O)NCC1CC1. The van der Waals surface area contributed by atoms with Crippen LogP contribution in [0.25, 0.3) is 0 Å². The lowest BCUT2D eigenvalue weighted by molar-refractivity contribution is -0.122. The molecule has 3 atom stereocenters. The molecular formula is C39H44FN5O5S. The number of amides is 3. The number of halogens is 1. The maximum Gasteiger partial charge on any atom is 0.264 e. The van der Waals surface area contributed by atoms with Gasteiger partial charge in [-0.15, -0.1) is 0 Å². The molecule has 1 aliphatic rings. The van der Waals surface area contributed by atoms with Gasteiger partial charge in [0, 0.05) is 37.3 Å². The number of benzene rings is 4. The lowest BCUT2D eigenvalue weighted by Crippen LogP contribution is -2.49. The summed E-state index contributed by atoms with van der Waals surface area (Å²) in [6.07, 6.45) is 2.69. The quantitative estimate of drug-likeness (QED) is 0.129. The summed E-state index contributed by atoms with van der Waals surface area (Å²) in [5.74, 6) is -1.07. The van der Waals surface area contributed by atoms with Gasteiger partial charge in [-0.1, -0.05) is 60.7 Å². The molecule has 1 aliphatic carbocycles. The van der Waals surface area contributed by atoms with Gasteiger partial charge >= 0.3 is 0 Å². The van der Waals surface area contributed by atoms with Crippen molar-refractivity contribution in [2.75, 3.05) is 24.4 Å². The lowest BCUT2D eigenvalue weighted by atomic mass is 10.0. The average Bonchev–Trinajstić information content (AvgIpc) is 3.98. The van der Waals surface area contributed by atoms with E-state index in [0.717, 1.165) is 22.7 Å². The predicted octanol–water partition coefficient (Wildman–Crippen LogP) is 4.99. The Kier molecular flexibility index (Phi) is 12.2. The third kappa shape index (κ3) is 10.2. The van der Waals surface area contributed by atoms with Crippen LogP contribution < -0.4 is 25.6 Å². The van der Waals surface area contributed by atoms with Gasteiger partial charge in [0.15, 0.2) is 0 Å². The molecule has 0 spiro atoms. The van der Waals surface area contributed by atoms with Crippen LogP contribution in [0.2, 0.25) is 0 Å². The minimum atomic E-state index is -4.06. The highest BCUT2D eigenvalue weighted by atomic mass is 32.2. The van der Waals surface area contributed by atoms with E-state index < -0.39 is 45.8 Å². The molecule has 1 saturated carbocycles. The first-order chi connectivity index (χ1) is 24.4. The Morgan fingerprint density at radius 2 is 1.41 bits per heavy atom. The highest BCUT2D eigenvalue weighted by Crippen LogP contribution is 2.28. The second-order valence-electron chi connectivity index (χ2n) is 13.0. The summed E-state index contributed by atoms with van der Waals surface area (Å²) in [5, 5.41) is 12.1. The van der Waals surface area contributed by atoms with Crippen molar-refractivity contribution in [3.05, 3.63) is 131 Å². The van der Waals surface area contributed by atoms with E-state index in [-0.39, 0.29) is 34.2 Å². The fourth-order valence-electron chi connectivity index (χ4n) is 5.53. The number of carbonyl (C=O) groups is 3. The molecule has 4 aromatic carbocycles. The van der Waals surface area contributed by atoms with Crippen LogP contribution in [0.5, 0.6) is 0 Å². The van der Waals surface area contributed by atoms with Gasteiger partial charge in [-0.3, -0.25) is 18.7 Å². The van der Waals surface area contributed by atoms with Crippen LogP contribution in [0, 0.1) is 11.7 Å². The zero-order chi connectivity index (χ0) is 36.5. The van der Waals surface area contributed by atoms with Gasteiger partial charge in [-0.05, 0) is 92.6 Å². The highest BCUT2D eigenvalue weighted by molar-refractivity contribution is 7.92. The Balaban J connectivity index is 1.41. The van der Waals surface area contributed by atoms with Crippen LogP contribution in [0.3, 0.4) is 0 Å². The molecule has 0 aliphatic heterocycles. The molecule has 268 valence electrons. The van der Waals surface area contributed by atoms with E-state index in [4.69, 9.17) is 0 Å². The summed E-state index contributed by atoms with van der Waals surface area (Å²) >= 11 is 0. The average molecular weight is 714 g/mol. The second kappa shape index (κ2) is 16.8. The van der Waals surface area contributed by atoms with Gasteiger partial charge in [0.1, 0.15) is 5.82 Å². The summed E-state index contributed by atoms with van der Waals surface area (Å²) in [5.41, 5.74) is 1.85. The second-order valence-corrected chi connectivity index (χ2v) is 14.9. The third-order valence-corrected chi connectivity index (χ3v) is 10.7. The minimum absolute atomic E-state index is 0.0441. The van der Waals surface area contributed by atoms with Gasteiger partial charge in [-0.25, -0.2) is 12.8 Å². The van der Waals surface area contributed by atoms with Gasteiger partial charge in [-0.2, -0.15) is 0 Å². The molecule has 0 bridgehead atoms. The summed E-state index contributed by atoms with van der Waals surface area (Å²) in [6, 6.07) is 25.9. The monoisotopic (exact) mass is 713 g/mol. The van der Waals surface area contributed by atoms with E-state index in [1.807, 2.05) is 30.3 Å². The maximum atomic E-state index is 14.0. The predicted molar refractivity (Wildman–Crippen MR) is 195 cm³/mol. The lowest BCUT2D eigenvalue weighted by Gasteiger charge is -2.24. The van der Waals surface area contributed by atoms with Crippen molar-refractivity contribution in [1.82, 2.24) is 21.3 Å². The molecule has 4 aromatic rings. The molecule has 0 unspecified atom stereocenters. The Morgan fingerprint density at radius 1 is 0.824 bits per heavy atom. The normalized spacial score (nSPS) is 14.5. The molecule has 12 heteroatoms. The Morgan fingerprint density at radius 3 is 2.02 bits per heavy atom. The molecule has 1 fully saturated rings. The number of hydrogen-bond donors (Lipinski definition) is 4. The first-order valence-corrected chi connectivity index (χ1v) is 18.5. The zero-order valence-corrected chi connectivity index (χ0v) is 29.8. The molecule has 10 nitrogen and oxygen atoms in total. The first kappa shape index (κ1) is 37.2.